The summed E-state index contributed by atoms with van der Waals surface area (Å²) in [5.74, 6) is 0.961. The minimum atomic E-state index is -0.0959. The second kappa shape index (κ2) is 4.09. The second-order valence-electron chi connectivity index (χ2n) is 4.40. The van der Waals surface area contributed by atoms with Crippen molar-refractivity contribution in [2.45, 2.75) is 38.2 Å². The Labute approximate surface area is 91.8 Å². The van der Waals surface area contributed by atoms with Gasteiger partial charge >= 0.3 is 0 Å². The third-order valence-electron chi connectivity index (χ3n) is 3.25. The maximum absolute atomic E-state index is 6.12. The standard InChI is InChI=1S/C14H18O/c1-12(2)14(10-6-7-11-14)15-13-8-4-3-5-9-13/h3-5,8-9H,1,6-7,10-11H2,2H3. The molecule has 15 heavy (non-hydrogen) atoms. The number of rotatable bonds is 3. The molecule has 0 spiro atoms. The number of hydrogen-bond acceptors (Lipinski definition) is 1. The molecule has 1 nitrogen and oxygen atoms in total. The first kappa shape index (κ1) is 10.3. The first-order chi connectivity index (χ1) is 7.23. The van der Waals surface area contributed by atoms with E-state index >= 15 is 0 Å². The summed E-state index contributed by atoms with van der Waals surface area (Å²) in [6.07, 6.45) is 4.72. The van der Waals surface area contributed by atoms with Crippen LogP contribution in [0.1, 0.15) is 32.6 Å². The van der Waals surface area contributed by atoms with Crippen LogP contribution in [0.5, 0.6) is 5.75 Å². The lowest BCUT2D eigenvalue weighted by Crippen LogP contribution is -2.33. The summed E-state index contributed by atoms with van der Waals surface area (Å²) in [7, 11) is 0. The SMILES string of the molecule is C=C(C)C1(Oc2ccccc2)CCCC1. The summed E-state index contributed by atoms with van der Waals surface area (Å²) in [6.45, 7) is 6.16. The summed E-state index contributed by atoms with van der Waals surface area (Å²) < 4.78 is 6.12. The van der Waals surface area contributed by atoms with E-state index in [0.29, 0.717) is 0 Å². The Morgan fingerprint density at radius 3 is 2.33 bits per heavy atom. The summed E-state index contributed by atoms with van der Waals surface area (Å²) in [5.41, 5.74) is 1.06. The Kier molecular flexibility index (Phi) is 2.81. The molecule has 1 aliphatic rings. The van der Waals surface area contributed by atoms with Crippen LogP contribution in [-0.4, -0.2) is 5.60 Å². The molecule has 0 bridgehead atoms. The highest BCUT2D eigenvalue weighted by Crippen LogP contribution is 2.38. The van der Waals surface area contributed by atoms with Gasteiger partial charge in [0.15, 0.2) is 0 Å². The van der Waals surface area contributed by atoms with Gasteiger partial charge in [-0.1, -0.05) is 24.8 Å². The predicted octanol–water partition coefficient (Wildman–Crippen LogP) is 3.95. The Morgan fingerprint density at radius 1 is 1.20 bits per heavy atom. The zero-order valence-electron chi connectivity index (χ0n) is 9.33. The van der Waals surface area contributed by atoms with Gasteiger partial charge in [-0.3, -0.25) is 0 Å². The second-order valence-corrected chi connectivity index (χ2v) is 4.40. The van der Waals surface area contributed by atoms with Crippen LogP contribution in [0.3, 0.4) is 0 Å². The Hall–Kier alpha value is -1.24. The van der Waals surface area contributed by atoms with E-state index in [1.165, 1.54) is 12.8 Å². The lowest BCUT2D eigenvalue weighted by molar-refractivity contribution is 0.115. The van der Waals surface area contributed by atoms with Crippen molar-refractivity contribution in [2.24, 2.45) is 0 Å². The average Bonchev–Trinajstić information content (AvgIpc) is 2.69. The van der Waals surface area contributed by atoms with Crippen molar-refractivity contribution in [3.05, 3.63) is 42.5 Å². The summed E-state index contributed by atoms with van der Waals surface area (Å²) in [5, 5.41) is 0. The molecule has 0 heterocycles. The van der Waals surface area contributed by atoms with Crippen molar-refractivity contribution < 1.29 is 4.74 Å². The van der Waals surface area contributed by atoms with Crippen LogP contribution in [0.4, 0.5) is 0 Å². The van der Waals surface area contributed by atoms with Crippen molar-refractivity contribution >= 4 is 0 Å². The largest absolute Gasteiger partial charge is 0.483 e. The van der Waals surface area contributed by atoms with E-state index < -0.39 is 0 Å². The molecular formula is C14H18O. The highest BCUT2D eigenvalue weighted by atomic mass is 16.5. The van der Waals surface area contributed by atoms with Gasteiger partial charge in [-0.05, 0) is 50.3 Å². The average molecular weight is 202 g/mol. The minimum absolute atomic E-state index is 0.0959. The van der Waals surface area contributed by atoms with Gasteiger partial charge in [0.1, 0.15) is 11.4 Å². The summed E-state index contributed by atoms with van der Waals surface area (Å²) >= 11 is 0. The first-order valence-electron chi connectivity index (χ1n) is 5.63. The fraction of sp³-hybridized carbons (Fsp3) is 0.429. The van der Waals surface area contributed by atoms with Gasteiger partial charge < -0.3 is 4.74 Å². The molecule has 1 aromatic rings. The first-order valence-corrected chi connectivity index (χ1v) is 5.63. The molecular weight excluding hydrogens is 184 g/mol. The van der Waals surface area contributed by atoms with Crippen LogP contribution >= 0.6 is 0 Å². The van der Waals surface area contributed by atoms with E-state index in [1.54, 1.807) is 0 Å². The van der Waals surface area contributed by atoms with Crippen LogP contribution in [0.2, 0.25) is 0 Å². The van der Waals surface area contributed by atoms with Crippen molar-refractivity contribution in [2.75, 3.05) is 0 Å². The Morgan fingerprint density at radius 2 is 1.80 bits per heavy atom. The zero-order chi connectivity index (χ0) is 10.7. The molecule has 0 aromatic heterocycles. The Balaban J connectivity index is 2.18. The number of benzene rings is 1. The molecule has 0 aliphatic heterocycles. The summed E-state index contributed by atoms with van der Waals surface area (Å²) in [4.78, 5) is 0. The fourth-order valence-electron chi connectivity index (χ4n) is 2.28. The molecule has 1 heteroatoms. The van der Waals surface area contributed by atoms with Gasteiger partial charge in [-0.2, -0.15) is 0 Å². The number of ether oxygens (including phenoxy) is 1. The fourth-order valence-corrected chi connectivity index (χ4v) is 2.28. The molecule has 1 fully saturated rings. The lowest BCUT2D eigenvalue weighted by Gasteiger charge is -2.30. The van der Waals surface area contributed by atoms with Gasteiger partial charge in [-0.25, -0.2) is 0 Å². The van der Waals surface area contributed by atoms with E-state index in [-0.39, 0.29) is 5.60 Å². The topological polar surface area (TPSA) is 9.23 Å². The minimum Gasteiger partial charge on any atom is -0.483 e. The molecule has 1 saturated carbocycles. The highest BCUT2D eigenvalue weighted by molar-refractivity contribution is 5.25. The third-order valence-corrected chi connectivity index (χ3v) is 3.25. The van der Waals surface area contributed by atoms with Crippen molar-refractivity contribution in [1.29, 1.82) is 0 Å². The monoisotopic (exact) mass is 202 g/mol. The molecule has 0 saturated heterocycles. The maximum Gasteiger partial charge on any atom is 0.129 e. The molecule has 1 aliphatic carbocycles. The van der Waals surface area contributed by atoms with E-state index in [4.69, 9.17) is 4.74 Å². The number of para-hydroxylation sites is 1. The van der Waals surface area contributed by atoms with Crippen molar-refractivity contribution in [3.63, 3.8) is 0 Å². The van der Waals surface area contributed by atoms with Gasteiger partial charge in [0.2, 0.25) is 0 Å². The highest BCUT2D eigenvalue weighted by Gasteiger charge is 2.36. The molecule has 2 rings (SSSR count). The Bertz CT molecular complexity index is 334. The maximum atomic E-state index is 6.12. The smallest absolute Gasteiger partial charge is 0.129 e. The van der Waals surface area contributed by atoms with Gasteiger partial charge in [0.05, 0.1) is 0 Å². The van der Waals surface area contributed by atoms with Crippen LogP contribution in [0, 0.1) is 0 Å². The van der Waals surface area contributed by atoms with Crippen LogP contribution in [0.25, 0.3) is 0 Å². The van der Waals surface area contributed by atoms with Crippen molar-refractivity contribution in [1.82, 2.24) is 0 Å². The number of hydrogen-bond donors (Lipinski definition) is 0. The predicted molar refractivity (Wildman–Crippen MR) is 63.1 cm³/mol. The summed E-state index contributed by atoms with van der Waals surface area (Å²) in [6, 6.07) is 10.1. The van der Waals surface area contributed by atoms with E-state index in [1.807, 2.05) is 30.3 Å². The normalized spacial score (nSPS) is 18.7. The molecule has 0 N–H and O–H groups in total. The van der Waals surface area contributed by atoms with E-state index in [9.17, 15) is 0 Å². The molecule has 0 radical (unpaired) electrons. The molecule has 1 aromatic carbocycles. The van der Waals surface area contributed by atoms with E-state index in [0.717, 1.165) is 24.2 Å². The zero-order valence-corrected chi connectivity index (χ0v) is 9.33. The van der Waals surface area contributed by atoms with Gasteiger partial charge in [0.25, 0.3) is 0 Å². The molecule has 80 valence electrons. The molecule has 0 atom stereocenters. The molecule has 0 amide bonds. The van der Waals surface area contributed by atoms with Crippen LogP contribution in [0.15, 0.2) is 42.5 Å². The van der Waals surface area contributed by atoms with Gasteiger partial charge in [-0.15, -0.1) is 0 Å². The van der Waals surface area contributed by atoms with Crippen molar-refractivity contribution in [3.8, 4) is 5.75 Å². The van der Waals surface area contributed by atoms with Gasteiger partial charge in [0, 0.05) is 0 Å². The third kappa shape index (κ3) is 2.06. The quantitative estimate of drug-likeness (QED) is 0.674. The van der Waals surface area contributed by atoms with E-state index in [2.05, 4.69) is 13.5 Å². The van der Waals surface area contributed by atoms with Crippen LogP contribution in [-0.2, 0) is 0 Å². The van der Waals surface area contributed by atoms with Crippen LogP contribution < -0.4 is 4.74 Å². The molecule has 0 unspecified atom stereocenters. The lowest BCUT2D eigenvalue weighted by atomic mass is 9.94.